The Morgan fingerprint density at radius 3 is 2.73 bits per heavy atom. The average molecular weight is 480 g/mol. The van der Waals surface area contributed by atoms with Gasteiger partial charge in [-0.1, -0.05) is 17.7 Å². The molecule has 5 rings (SSSR count). The van der Waals surface area contributed by atoms with E-state index in [0.717, 1.165) is 16.8 Å². The lowest BCUT2D eigenvalue weighted by Crippen LogP contribution is -2.34. The summed E-state index contributed by atoms with van der Waals surface area (Å²) in [6, 6.07) is 15.9. The number of anilines is 1. The molecule has 3 aromatic carbocycles. The van der Waals surface area contributed by atoms with Gasteiger partial charge in [-0.3, -0.25) is 10.1 Å². The van der Waals surface area contributed by atoms with E-state index < -0.39 is 0 Å². The fourth-order valence-electron chi connectivity index (χ4n) is 3.53. The van der Waals surface area contributed by atoms with Gasteiger partial charge in [-0.05, 0) is 73.2 Å². The minimum absolute atomic E-state index is 0.166. The van der Waals surface area contributed by atoms with Crippen LogP contribution in [0.3, 0.4) is 0 Å². The Kier molecular flexibility index (Phi) is 5.62. The SMILES string of the molecule is Cc1c(NC(=S)NC(=O)c2ccc3c(c2)OCCO3)cccc1-c1nc2cc(Cl)ccc2o1. The first-order valence-corrected chi connectivity index (χ1v) is 10.9. The second kappa shape index (κ2) is 8.73. The van der Waals surface area contributed by atoms with E-state index in [-0.39, 0.29) is 11.0 Å². The maximum atomic E-state index is 12.7. The van der Waals surface area contributed by atoms with Crippen molar-refractivity contribution in [2.24, 2.45) is 0 Å². The third-order valence-corrected chi connectivity index (χ3v) is 5.63. The number of hydrogen-bond acceptors (Lipinski definition) is 6. The lowest BCUT2D eigenvalue weighted by molar-refractivity contribution is 0.0976. The molecule has 0 saturated heterocycles. The number of halogens is 1. The average Bonchev–Trinajstić information content (AvgIpc) is 3.23. The lowest BCUT2D eigenvalue weighted by atomic mass is 10.1. The molecule has 0 saturated carbocycles. The number of fused-ring (bicyclic) bond motifs is 2. The summed E-state index contributed by atoms with van der Waals surface area (Å²) in [5.74, 6) is 1.28. The quantitative estimate of drug-likeness (QED) is 0.383. The Balaban J connectivity index is 1.33. The number of carbonyl (C=O) groups is 1. The molecule has 4 aromatic rings. The van der Waals surface area contributed by atoms with Gasteiger partial charge in [-0.15, -0.1) is 0 Å². The number of rotatable bonds is 3. The fourth-order valence-corrected chi connectivity index (χ4v) is 3.90. The van der Waals surface area contributed by atoms with Gasteiger partial charge in [-0.2, -0.15) is 0 Å². The van der Waals surface area contributed by atoms with Gasteiger partial charge < -0.3 is 19.2 Å². The Morgan fingerprint density at radius 1 is 1.06 bits per heavy atom. The van der Waals surface area contributed by atoms with Crippen LogP contribution in [0.1, 0.15) is 15.9 Å². The van der Waals surface area contributed by atoms with Crippen molar-refractivity contribution in [3.05, 3.63) is 70.7 Å². The van der Waals surface area contributed by atoms with Gasteiger partial charge in [0.15, 0.2) is 22.2 Å². The van der Waals surface area contributed by atoms with E-state index in [1.807, 2.05) is 25.1 Å². The van der Waals surface area contributed by atoms with E-state index in [4.69, 9.17) is 37.7 Å². The molecule has 9 heteroatoms. The number of oxazole rings is 1. The van der Waals surface area contributed by atoms with Crippen molar-refractivity contribution in [2.75, 3.05) is 18.5 Å². The minimum Gasteiger partial charge on any atom is -0.486 e. The monoisotopic (exact) mass is 479 g/mol. The summed E-state index contributed by atoms with van der Waals surface area (Å²) in [7, 11) is 0. The van der Waals surface area contributed by atoms with Gasteiger partial charge in [0, 0.05) is 21.8 Å². The highest BCUT2D eigenvalue weighted by atomic mass is 35.5. The Morgan fingerprint density at radius 2 is 1.88 bits per heavy atom. The number of nitrogens with zero attached hydrogens (tertiary/aromatic N) is 1. The maximum absolute atomic E-state index is 12.7. The normalized spacial score (nSPS) is 12.4. The molecule has 1 aliphatic heterocycles. The van der Waals surface area contributed by atoms with Gasteiger partial charge in [0.05, 0.1) is 0 Å². The number of aromatic nitrogens is 1. The summed E-state index contributed by atoms with van der Waals surface area (Å²) in [4.78, 5) is 17.2. The number of carbonyl (C=O) groups excluding carboxylic acids is 1. The molecule has 2 heterocycles. The van der Waals surface area contributed by atoms with Crippen molar-refractivity contribution in [3.8, 4) is 23.0 Å². The molecule has 166 valence electrons. The van der Waals surface area contributed by atoms with Crippen LogP contribution in [-0.4, -0.2) is 29.2 Å². The van der Waals surface area contributed by atoms with Crippen LogP contribution in [0, 0.1) is 6.92 Å². The van der Waals surface area contributed by atoms with Crippen LogP contribution < -0.4 is 20.1 Å². The van der Waals surface area contributed by atoms with Crippen LogP contribution in [-0.2, 0) is 0 Å². The number of hydrogen-bond donors (Lipinski definition) is 2. The smallest absolute Gasteiger partial charge is 0.257 e. The molecule has 0 aliphatic carbocycles. The molecular formula is C24H18ClN3O4S. The summed E-state index contributed by atoms with van der Waals surface area (Å²) in [5.41, 5.74) is 4.13. The lowest BCUT2D eigenvalue weighted by Gasteiger charge is -2.19. The topological polar surface area (TPSA) is 85.6 Å². The van der Waals surface area contributed by atoms with E-state index in [0.29, 0.717) is 52.3 Å². The number of amides is 1. The van der Waals surface area contributed by atoms with Gasteiger partial charge in [0.25, 0.3) is 5.91 Å². The Hall–Kier alpha value is -3.62. The van der Waals surface area contributed by atoms with E-state index in [9.17, 15) is 4.79 Å². The predicted octanol–water partition coefficient (Wildman–Crippen LogP) is 5.35. The van der Waals surface area contributed by atoms with Crippen molar-refractivity contribution in [3.63, 3.8) is 0 Å². The van der Waals surface area contributed by atoms with E-state index in [2.05, 4.69) is 15.6 Å². The molecule has 33 heavy (non-hydrogen) atoms. The molecule has 0 atom stereocenters. The van der Waals surface area contributed by atoms with Gasteiger partial charge in [-0.25, -0.2) is 4.98 Å². The molecule has 0 unspecified atom stereocenters. The van der Waals surface area contributed by atoms with Crippen molar-refractivity contribution in [1.82, 2.24) is 10.3 Å². The summed E-state index contributed by atoms with van der Waals surface area (Å²) in [6.07, 6.45) is 0. The first-order chi connectivity index (χ1) is 16.0. The molecule has 2 N–H and O–H groups in total. The Bertz CT molecular complexity index is 1400. The zero-order chi connectivity index (χ0) is 22.9. The van der Waals surface area contributed by atoms with Crippen LogP contribution in [0.25, 0.3) is 22.6 Å². The van der Waals surface area contributed by atoms with Crippen LogP contribution in [0.5, 0.6) is 11.5 Å². The summed E-state index contributed by atoms with van der Waals surface area (Å²) >= 11 is 11.4. The van der Waals surface area contributed by atoms with Gasteiger partial charge >= 0.3 is 0 Å². The standard InChI is InChI=1S/C24H18ClN3O4S/c1-13-16(23-26-18-12-15(25)6-8-19(18)32-23)3-2-4-17(13)27-24(33)28-22(29)14-5-7-20-21(11-14)31-10-9-30-20/h2-8,11-12H,9-10H2,1H3,(H2,27,28,29,33). The zero-order valence-corrected chi connectivity index (χ0v) is 19.0. The second-order valence-corrected chi connectivity index (χ2v) is 8.22. The van der Waals surface area contributed by atoms with Crippen LogP contribution in [0.4, 0.5) is 5.69 Å². The molecule has 1 aliphatic rings. The predicted molar refractivity (Wildman–Crippen MR) is 130 cm³/mol. The zero-order valence-electron chi connectivity index (χ0n) is 17.5. The van der Waals surface area contributed by atoms with Crippen LogP contribution in [0.2, 0.25) is 5.02 Å². The highest BCUT2D eigenvalue weighted by molar-refractivity contribution is 7.80. The summed E-state index contributed by atoms with van der Waals surface area (Å²) < 4.78 is 16.9. The third kappa shape index (κ3) is 4.35. The van der Waals surface area contributed by atoms with Crippen molar-refractivity contribution in [2.45, 2.75) is 6.92 Å². The third-order valence-electron chi connectivity index (χ3n) is 5.19. The number of benzene rings is 3. The highest BCUT2D eigenvalue weighted by Gasteiger charge is 2.17. The molecule has 0 bridgehead atoms. The summed E-state index contributed by atoms with van der Waals surface area (Å²) in [6.45, 7) is 2.85. The largest absolute Gasteiger partial charge is 0.486 e. The summed E-state index contributed by atoms with van der Waals surface area (Å²) in [5, 5.41) is 6.53. The number of thiocarbonyl (C=S) groups is 1. The van der Waals surface area contributed by atoms with Crippen molar-refractivity contribution >= 4 is 51.6 Å². The molecule has 7 nitrogen and oxygen atoms in total. The first kappa shape index (κ1) is 21.2. The van der Waals surface area contributed by atoms with Crippen LogP contribution in [0.15, 0.2) is 59.0 Å². The van der Waals surface area contributed by atoms with Crippen molar-refractivity contribution < 1.29 is 18.7 Å². The fraction of sp³-hybridized carbons (Fsp3) is 0.125. The minimum atomic E-state index is -0.353. The maximum Gasteiger partial charge on any atom is 0.257 e. The van der Waals surface area contributed by atoms with E-state index in [1.165, 1.54) is 0 Å². The van der Waals surface area contributed by atoms with E-state index >= 15 is 0 Å². The van der Waals surface area contributed by atoms with Gasteiger partial charge in [0.1, 0.15) is 18.7 Å². The van der Waals surface area contributed by atoms with Crippen LogP contribution >= 0.6 is 23.8 Å². The molecule has 0 radical (unpaired) electrons. The molecule has 0 spiro atoms. The molecule has 0 fully saturated rings. The second-order valence-electron chi connectivity index (χ2n) is 7.38. The molecular weight excluding hydrogens is 462 g/mol. The molecule has 1 amide bonds. The number of ether oxygens (including phenoxy) is 2. The Labute approximate surface area is 199 Å². The van der Waals surface area contributed by atoms with Crippen molar-refractivity contribution in [1.29, 1.82) is 0 Å². The van der Waals surface area contributed by atoms with E-state index in [1.54, 1.807) is 36.4 Å². The van der Waals surface area contributed by atoms with Gasteiger partial charge in [0.2, 0.25) is 5.89 Å². The molecule has 1 aromatic heterocycles. The first-order valence-electron chi connectivity index (χ1n) is 10.2. The number of nitrogens with one attached hydrogen (secondary N) is 2. The highest BCUT2D eigenvalue weighted by Crippen LogP contribution is 2.32.